The van der Waals surface area contributed by atoms with Gasteiger partial charge in [-0.2, -0.15) is 0 Å². The lowest BCUT2D eigenvalue weighted by atomic mass is 10.0. The number of amides is 1. The molecule has 0 bridgehead atoms. The first-order chi connectivity index (χ1) is 20.9. The van der Waals surface area contributed by atoms with Crippen LogP contribution in [0.15, 0.2) is 97.3 Å². The van der Waals surface area contributed by atoms with Crippen molar-refractivity contribution in [3.8, 4) is 0 Å². The number of ether oxygens (including phenoxy) is 2. The number of aliphatic hydroxyl groups is 2. The molecule has 0 unspecified atom stereocenters. The molecule has 43 heavy (non-hydrogen) atoms. The Kier molecular flexibility index (Phi) is 7.71. The van der Waals surface area contributed by atoms with E-state index in [1.807, 2.05) is 0 Å². The number of fused-ring (bicyclic) bond motifs is 1. The van der Waals surface area contributed by atoms with Gasteiger partial charge in [-0.05, 0) is 24.3 Å². The fraction of sp³-hybridized carbons (Fsp3) is 0.161. The second-order valence-electron chi connectivity index (χ2n) is 9.75. The minimum absolute atomic E-state index is 0.0360. The van der Waals surface area contributed by atoms with Crippen molar-refractivity contribution in [2.75, 3.05) is 11.9 Å². The fourth-order valence-electron chi connectivity index (χ4n) is 4.69. The third kappa shape index (κ3) is 5.62. The Labute approximate surface area is 244 Å². The van der Waals surface area contributed by atoms with Gasteiger partial charge in [0.05, 0.1) is 18.5 Å². The van der Waals surface area contributed by atoms with Crippen molar-refractivity contribution in [3.05, 3.63) is 120 Å². The van der Waals surface area contributed by atoms with Crippen molar-refractivity contribution < 1.29 is 34.1 Å². The van der Waals surface area contributed by atoms with Crippen molar-refractivity contribution in [1.82, 2.24) is 19.5 Å². The topological polar surface area (TPSA) is 166 Å². The van der Waals surface area contributed by atoms with Gasteiger partial charge in [-0.25, -0.2) is 19.7 Å². The van der Waals surface area contributed by atoms with Crippen LogP contribution in [0.4, 0.5) is 5.82 Å². The number of aliphatic hydroxyl groups excluding tert-OH is 2. The molecule has 12 nitrogen and oxygen atoms in total. The maximum atomic E-state index is 13.4. The molecule has 0 saturated carbocycles. The van der Waals surface area contributed by atoms with Crippen LogP contribution in [0, 0.1) is 0 Å². The summed E-state index contributed by atoms with van der Waals surface area (Å²) in [6.45, 7) is -0.288. The van der Waals surface area contributed by atoms with Crippen LogP contribution in [0.2, 0.25) is 0 Å². The molecule has 0 spiro atoms. The number of hydrogen-bond acceptors (Lipinski definition) is 10. The maximum Gasteiger partial charge on any atom is 0.338 e. The van der Waals surface area contributed by atoms with Gasteiger partial charge in [0.2, 0.25) is 11.6 Å². The summed E-state index contributed by atoms with van der Waals surface area (Å²) < 4.78 is 12.9. The number of carbonyl (C=O) groups excluding carboxylic acids is 3. The average molecular weight is 580 g/mol. The predicted molar refractivity (Wildman–Crippen MR) is 152 cm³/mol. The fourth-order valence-corrected chi connectivity index (χ4v) is 4.69. The Balaban J connectivity index is 1.43. The van der Waals surface area contributed by atoms with Crippen LogP contribution in [0.3, 0.4) is 0 Å². The van der Waals surface area contributed by atoms with Gasteiger partial charge in [0, 0.05) is 11.1 Å². The second kappa shape index (κ2) is 11.9. The molecule has 12 heteroatoms. The van der Waals surface area contributed by atoms with E-state index >= 15 is 0 Å². The molecular formula is C31H25N5O7. The highest BCUT2D eigenvalue weighted by molar-refractivity contribution is 6.10. The highest BCUT2D eigenvalue weighted by Gasteiger charge is 2.43. The normalized spacial score (nSPS) is 20.0. The van der Waals surface area contributed by atoms with Crippen LogP contribution in [-0.4, -0.2) is 72.3 Å². The van der Waals surface area contributed by atoms with E-state index in [4.69, 9.17) is 9.47 Å². The van der Waals surface area contributed by atoms with Crippen LogP contribution in [0.1, 0.15) is 43.1 Å². The molecule has 5 aromatic rings. The SMILES string of the molecule is O=C(Nc1nc(C(=O)c2ccccc2)nc2c1ncn2[C@@H]1OC[C@@H](O)[C@@H](O)[C@H]1OC(=O)c1ccccc1)c1ccccc1. The van der Waals surface area contributed by atoms with Gasteiger partial charge in [-0.15, -0.1) is 0 Å². The highest BCUT2D eigenvalue weighted by Crippen LogP contribution is 2.32. The Bertz CT molecular complexity index is 1780. The van der Waals surface area contributed by atoms with E-state index in [0.717, 1.165) is 0 Å². The van der Waals surface area contributed by atoms with Crippen LogP contribution >= 0.6 is 0 Å². The van der Waals surface area contributed by atoms with Gasteiger partial charge < -0.3 is 25.0 Å². The first-order valence-corrected chi connectivity index (χ1v) is 13.3. The Morgan fingerprint density at radius 1 is 0.837 bits per heavy atom. The number of benzene rings is 3. The number of anilines is 1. The number of nitrogens with one attached hydrogen (secondary N) is 1. The van der Waals surface area contributed by atoms with Gasteiger partial charge >= 0.3 is 5.97 Å². The van der Waals surface area contributed by atoms with E-state index in [-0.39, 0.29) is 35.0 Å². The Hall–Kier alpha value is -5.30. The minimum Gasteiger partial charge on any atom is -0.451 e. The summed E-state index contributed by atoms with van der Waals surface area (Å²) in [4.78, 5) is 52.6. The number of nitrogens with zero attached hydrogens (tertiary/aromatic N) is 4. The molecule has 1 saturated heterocycles. The first kappa shape index (κ1) is 27.8. The lowest BCUT2D eigenvalue weighted by Crippen LogP contribution is -2.52. The van der Waals surface area contributed by atoms with Crippen LogP contribution < -0.4 is 5.32 Å². The van der Waals surface area contributed by atoms with Gasteiger partial charge in [-0.3, -0.25) is 14.2 Å². The quantitative estimate of drug-likeness (QED) is 0.193. The average Bonchev–Trinajstić information content (AvgIpc) is 3.48. The van der Waals surface area contributed by atoms with Gasteiger partial charge in [0.1, 0.15) is 12.2 Å². The summed E-state index contributed by atoms with van der Waals surface area (Å²) in [5.74, 6) is -2.03. The lowest BCUT2D eigenvalue weighted by Gasteiger charge is -2.38. The monoisotopic (exact) mass is 579 g/mol. The molecule has 1 aliphatic heterocycles. The largest absolute Gasteiger partial charge is 0.451 e. The molecule has 2 aromatic heterocycles. The number of imidazole rings is 1. The standard InChI is InChI=1S/C31H25N5O7/c37-21-16-42-30(25(24(21)39)43-31(41)20-14-8-3-9-15-20)36-17-32-22-26(35-29(40)19-12-6-2-7-13-19)33-27(34-28(22)36)23(38)18-10-4-1-5-11-18/h1-15,17,21,24-25,30,37,39H,16H2,(H,33,34,35,40)/t21-,24-,25-,30-/m1/s1. The maximum absolute atomic E-state index is 13.4. The van der Waals surface area contributed by atoms with Crippen LogP contribution in [0.25, 0.3) is 11.2 Å². The number of carbonyl (C=O) groups is 3. The molecule has 3 heterocycles. The number of esters is 1. The zero-order valence-electron chi connectivity index (χ0n) is 22.5. The molecule has 6 rings (SSSR count). The zero-order chi connectivity index (χ0) is 29.9. The predicted octanol–water partition coefficient (Wildman–Crippen LogP) is 2.79. The summed E-state index contributed by atoms with van der Waals surface area (Å²) in [6.07, 6.45) is -4.14. The van der Waals surface area contributed by atoms with E-state index in [2.05, 4.69) is 20.3 Å². The summed E-state index contributed by atoms with van der Waals surface area (Å²) >= 11 is 0. The Morgan fingerprint density at radius 2 is 1.44 bits per heavy atom. The molecule has 3 N–H and O–H groups in total. The zero-order valence-corrected chi connectivity index (χ0v) is 22.5. The van der Waals surface area contributed by atoms with Crippen molar-refractivity contribution >= 4 is 34.6 Å². The van der Waals surface area contributed by atoms with Crippen molar-refractivity contribution in [2.45, 2.75) is 24.5 Å². The number of hydrogen-bond donors (Lipinski definition) is 3. The van der Waals surface area contributed by atoms with Gasteiger partial charge in [-0.1, -0.05) is 66.7 Å². The van der Waals surface area contributed by atoms with Crippen LogP contribution in [-0.2, 0) is 9.47 Å². The molecule has 1 aliphatic rings. The third-order valence-corrected chi connectivity index (χ3v) is 6.90. The highest BCUT2D eigenvalue weighted by atomic mass is 16.6. The summed E-state index contributed by atoms with van der Waals surface area (Å²) in [5.41, 5.74) is 1.08. The smallest absolute Gasteiger partial charge is 0.338 e. The number of ketones is 1. The first-order valence-electron chi connectivity index (χ1n) is 13.3. The molecular weight excluding hydrogens is 554 g/mol. The third-order valence-electron chi connectivity index (χ3n) is 6.90. The van der Waals surface area contributed by atoms with E-state index in [0.29, 0.717) is 11.1 Å². The molecule has 216 valence electrons. The lowest BCUT2D eigenvalue weighted by molar-refractivity contribution is -0.210. The van der Waals surface area contributed by atoms with Crippen molar-refractivity contribution in [3.63, 3.8) is 0 Å². The summed E-state index contributed by atoms with van der Waals surface area (Å²) in [6, 6.07) is 25.0. The molecule has 4 atom stereocenters. The molecule has 3 aromatic carbocycles. The summed E-state index contributed by atoms with van der Waals surface area (Å²) in [7, 11) is 0. The number of rotatable bonds is 7. The van der Waals surface area contributed by atoms with E-state index in [1.54, 1.807) is 91.0 Å². The molecule has 1 amide bonds. The summed E-state index contributed by atoms with van der Waals surface area (Å²) in [5, 5.41) is 23.9. The number of aromatic nitrogens is 4. The van der Waals surface area contributed by atoms with Crippen LogP contribution in [0.5, 0.6) is 0 Å². The van der Waals surface area contributed by atoms with Gasteiger partial charge in [0.25, 0.3) is 5.91 Å². The van der Waals surface area contributed by atoms with Crippen molar-refractivity contribution in [2.24, 2.45) is 0 Å². The Morgan fingerprint density at radius 3 is 2.09 bits per heavy atom. The van der Waals surface area contributed by atoms with Crippen molar-refractivity contribution in [1.29, 1.82) is 0 Å². The van der Waals surface area contributed by atoms with E-state index in [1.165, 1.54) is 10.9 Å². The minimum atomic E-state index is -1.52. The van der Waals surface area contributed by atoms with Gasteiger partial charge in [0.15, 0.2) is 29.3 Å². The second-order valence-corrected chi connectivity index (χ2v) is 9.75. The molecule has 1 fully saturated rings. The molecule has 0 radical (unpaired) electrons. The molecule has 0 aliphatic carbocycles. The van der Waals surface area contributed by atoms with E-state index < -0.39 is 42.2 Å². The van der Waals surface area contributed by atoms with E-state index in [9.17, 15) is 24.6 Å².